The molecule has 2 heterocycles. The van der Waals surface area contributed by atoms with Crippen molar-refractivity contribution in [3.63, 3.8) is 0 Å². The second-order valence-corrected chi connectivity index (χ2v) is 5.23. The number of nitrogens with zero attached hydrogens (tertiary/aromatic N) is 3. The molecule has 5 heteroatoms. The summed E-state index contributed by atoms with van der Waals surface area (Å²) in [5.74, 6) is 1.24. The zero-order valence-corrected chi connectivity index (χ0v) is 10.2. The van der Waals surface area contributed by atoms with E-state index in [0.717, 1.165) is 13.1 Å². The minimum Gasteiger partial charge on any atom is -0.506 e. The third-order valence-electron chi connectivity index (χ3n) is 4.08. The van der Waals surface area contributed by atoms with E-state index in [4.69, 9.17) is 0 Å². The van der Waals surface area contributed by atoms with Gasteiger partial charge in [0.2, 0.25) is 0 Å². The molecule has 0 aromatic carbocycles. The minimum atomic E-state index is -0.111. The fourth-order valence-electron chi connectivity index (χ4n) is 3.12. The highest BCUT2D eigenvalue weighted by molar-refractivity contribution is 5.76. The summed E-state index contributed by atoms with van der Waals surface area (Å²) in [4.78, 5) is 14.1. The molecular formula is C13H17N3O2. The lowest BCUT2D eigenvalue weighted by Gasteiger charge is -2.16. The van der Waals surface area contributed by atoms with Crippen LogP contribution in [0.3, 0.4) is 0 Å². The van der Waals surface area contributed by atoms with Gasteiger partial charge in [-0.05, 0) is 30.7 Å². The Balaban J connectivity index is 1.72. The van der Waals surface area contributed by atoms with Crippen molar-refractivity contribution in [3.8, 4) is 0 Å². The van der Waals surface area contributed by atoms with Gasteiger partial charge in [-0.25, -0.2) is 4.79 Å². The molecule has 0 radical (unpaired) electrons. The summed E-state index contributed by atoms with van der Waals surface area (Å²) in [7, 11) is 0. The summed E-state index contributed by atoms with van der Waals surface area (Å²) in [5, 5.41) is 13.2. The molecule has 1 amide bonds. The largest absolute Gasteiger partial charge is 0.506 e. The molecule has 2 aliphatic rings. The molecule has 1 N–H and O–H groups in total. The van der Waals surface area contributed by atoms with Crippen LogP contribution in [0.1, 0.15) is 25.0 Å². The summed E-state index contributed by atoms with van der Waals surface area (Å²) in [6.45, 7) is 5.09. The Morgan fingerprint density at radius 2 is 2.06 bits per heavy atom. The number of carbonyl (C=O) groups excluding carboxylic acids is 1. The van der Waals surface area contributed by atoms with Crippen LogP contribution in [0.2, 0.25) is 0 Å². The fourth-order valence-corrected chi connectivity index (χ4v) is 3.12. The van der Waals surface area contributed by atoms with Crippen LogP contribution in [0.4, 0.5) is 4.79 Å². The molecule has 2 atom stereocenters. The highest BCUT2D eigenvalue weighted by Crippen LogP contribution is 2.37. The monoisotopic (exact) mass is 247 g/mol. The van der Waals surface area contributed by atoms with Crippen LogP contribution in [0.5, 0.6) is 0 Å². The number of rotatable bonds is 1. The lowest BCUT2D eigenvalue weighted by Crippen LogP contribution is -2.33. The predicted molar refractivity (Wildman–Crippen MR) is 67.1 cm³/mol. The molecule has 1 aromatic heterocycles. The zero-order valence-electron chi connectivity index (χ0n) is 10.2. The highest BCUT2D eigenvalue weighted by Gasteiger charge is 2.38. The number of likely N-dealkylation sites (tertiary alicyclic amines) is 1. The number of hydrogen-bond acceptors (Lipinski definition) is 3. The van der Waals surface area contributed by atoms with Crippen LogP contribution in [-0.4, -0.2) is 38.9 Å². The van der Waals surface area contributed by atoms with E-state index in [9.17, 15) is 9.90 Å². The first-order chi connectivity index (χ1) is 8.65. The summed E-state index contributed by atoms with van der Waals surface area (Å²) in [5.41, 5.74) is 0.350. The maximum Gasteiger partial charge on any atom is 0.344 e. The number of aliphatic hydroxyl groups is 1. The van der Waals surface area contributed by atoms with Gasteiger partial charge >= 0.3 is 6.03 Å². The van der Waals surface area contributed by atoms with Gasteiger partial charge in [-0.1, -0.05) is 13.0 Å². The molecule has 2 unspecified atom stereocenters. The zero-order chi connectivity index (χ0) is 12.7. The summed E-state index contributed by atoms with van der Waals surface area (Å²) in [6.07, 6.45) is 5.36. The normalized spacial score (nSPS) is 26.3. The van der Waals surface area contributed by atoms with Crippen molar-refractivity contribution in [1.82, 2.24) is 14.7 Å². The van der Waals surface area contributed by atoms with Crippen molar-refractivity contribution in [2.24, 2.45) is 11.8 Å². The van der Waals surface area contributed by atoms with Gasteiger partial charge in [0.15, 0.2) is 0 Å². The van der Waals surface area contributed by atoms with E-state index >= 15 is 0 Å². The van der Waals surface area contributed by atoms with Gasteiger partial charge in [0.05, 0.1) is 0 Å². The molecular weight excluding hydrogens is 230 g/mol. The fraction of sp³-hybridized carbons (Fsp3) is 0.538. The smallest absolute Gasteiger partial charge is 0.344 e. The van der Waals surface area contributed by atoms with Crippen LogP contribution in [-0.2, 0) is 0 Å². The minimum absolute atomic E-state index is 0.100. The van der Waals surface area contributed by atoms with Gasteiger partial charge in [0.1, 0.15) is 11.5 Å². The number of fused-ring (bicyclic) bond motifs is 1. The molecule has 1 aliphatic heterocycles. The molecule has 0 bridgehead atoms. The molecule has 96 valence electrons. The molecule has 3 rings (SSSR count). The average Bonchev–Trinajstić information content (AvgIpc) is 3.02. The maximum atomic E-state index is 12.2. The van der Waals surface area contributed by atoms with E-state index in [0.29, 0.717) is 17.5 Å². The van der Waals surface area contributed by atoms with E-state index in [2.05, 4.69) is 11.7 Å². The second-order valence-electron chi connectivity index (χ2n) is 5.23. The van der Waals surface area contributed by atoms with Crippen molar-refractivity contribution in [3.05, 3.63) is 24.5 Å². The van der Waals surface area contributed by atoms with Crippen LogP contribution in [0.25, 0.3) is 5.76 Å². The van der Waals surface area contributed by atoms with Crippen LogP contribution in [0.15, 0.2) is 18.8 Å². The topological polar surface area (TPSA) is 58.4 Å². The summed E-state index contributed by atoms with van der Waals surface area (Å²) < 4.78 is 1.29. The third kappa shape index (κ3) is 1.79. The van der Waals surface area contributed by atoms with Crippen molar-refractivity contribution in [1.29, 1.82) is 0 Å². The molecule has 1 saturated carbocycles. The van der Waals surface area contributed by atoms with Crippen molar-refractivity contribution in [2.75, 3.05) is 13.1 Å². The number of carbonyl (C=O) groups is 1. The first-order valence-corrected chi connectivity index (χ1v) is 6.38. The number of aliphatic hydroxyl groups excluding tert-OH is 1. The van der Waals surface area contributed by atoms with Gasteiger partial charge in [-0.3, -0.25) is 0 Å². The Bertz CT molecular complexity index is 482. The summed E-state index contributed by atoms with van der Waals surface area (Å²) >= 11 is 0. The standard InChI is InChI=1S/C13H17N3O2/c1-9(17)12-5-6-16(14-12)13(18)15-7-10-3-2-4-11(10)8-15/h5-6,10-11,17H,1-4,7-8H2. The highest BCUT2D eigenvalue weighted by atomic mass is 16.3. The van der Waals surface area contributed by atoms with Crippen molar-refractivity contribution >= 4 is 11.8 Å². The Morgan fingerprint density at radius 3 is 2.61 bits per heavy atom. The first kappa shape index (κ1) is 11.3. The number of hydrogen-bond donors (Lipinski definition) is 1. The van der Waals surface area contributed by atoms with Crippen LogP contribution >= 0.6 is 0 Å². The van der Waals surface area contributed by atoms with E-state index in [1.165, 1.54) is 23.9 Å². The van der Waals surface area contributed by atoms with Gasteiger partial charge in [0, 0.05) is 19.3 Å². The Labute approximate surface area is 106 Å². The average molecular weight is 247 g/mol. The molecule has 1 aromatic rings. The van der Waals surface area contributed by atoms with Gasteiger partial charge in [-0.2, -0.15) is 9.78 Å². The van der Waals surface area contributed by atoms with Gasteiger partial charge < -0.3 is 10.0 Å². The molecule has 2 fully saturated rings. The second kappa shape index (κ2) is 4.15. The predicted octanol–water partition coefficient (Wildman–Crippen LogP) is 2.11. The SMILES string of the molecule is C=C(O)c1ccn(C(=O)N2CC3CCCC3C2)n1. The Kier molecular flexibility index (Phi) is 2.61. The van der Waals surface area contributed by atoms with E-state index in [-0.39, 0.29) is 11.8 Å². The molecule has 1 aliphatic carbocycles. The Hall–Kier alpha value is -1.78. The van der Waals surface area contributed by atoms with Crippen LogP contribution < -0.4 is 0 Å². The van der Waals surface area contributed by atoms with Gasteiger partial charge in [0.25, 0.3) is 0 Å². The molecule has 5 nitrogen and oxygen atoms in total. The third-order valence-corrected chi connectivity index (χ3v) is 4.08. The van der Waals surface area contributed by atoms with E-state index in [1.54, 1.807) is 12.3 Å². The first-order valence-electron chi connectivity index (χ1n) is 6.38. The molecule has 18 heavy (non-hydrogen) atoms. The van der Waals surface area contributed by atoms with E-state index in [1.807, 2.05) is 4.90 Å². The molecule has 1 saturated heterocycles. The van der Waals surface area contributed by atoms with E-state index < -0.39 is 0 Å². The summed E-state index contributed by atoms with van der Waals surface area (Å²) in [6, 6.07) is 1.49. The lowest BCUT2D eigenvalue weighted by atomic mass is 10.0. The maximum absolute atomic E-state index is 12.2. The lowest BCUT2D eigenvalue weighted by molar-refractivity contribution is 0.203. The number of amides is 1. The van der Waals surface area contributed by atoms with Crippen molar-refractivity contribution < 1.29 is 9.90 Å². The van der Waals surface area contributed by atoms with Crippen LogP contribution in [0, 0.1) is 11.8 Å². The molecule has 0 spiro atoms. The van der Waals surface area contributed by atoms with Crippen molar-refractivity contribution in [2.45, 2.75) is 19.3 Å². The quantitative estimate of drug-likeness (QED) is 0.773. The van der Waals surface area contributed by atoms with Gasteiger partial charge in [-0.15, -0.1) is 0 Å². The Morgan fingerprint density at radius 1 is 1.39 bits per heavy atom. The number of aromatic nitrogens is 2.